The Kier molecular flexibility index (Phi) is 5.85. The summed E-state index contributed by atoms with van der Waals surface area (Å²) in [5.74, 6) is -0.180. The Hall–Kier alpha value is -1.64. The van der Waals surface area contributed by atoms with Crippen LogP contribution < -0.4 is 0 Å². The van der Waals surface area contributed by atoms with Gasteiger partial charge in [-0.1, -0.05) is 47.0 Å². The molecule has 30 heavy (non-hydrogen) atoms. The number of carbonyl (C=O) groups is 1. The number of hydrogen-bond donors (Lipinski definition) is 0. The number of carbonyl (C=O) groups excluding carboxylic acids is 1. The van der Waals surface area contributed by atoms with Gasteiger partial charge in [-0.05, 0) is 37.6 Å². The molecule has 0 N–H and O–H groups in total. The number of thiophene rings is 1. The standard InChI is InChI=1S/C21H20Cl2N2O3S2/c1-13-3-6-18(14(2)11-13)30(27,28)25-9-7-24(8-10-25)21(26)20-19(23)16-5-4-15(22)12-17(16)29-20/h3-6,11-12H,7-10H2,1-2H3. The van der Waals surface area contributed by atoms with Crippen molar-refractivity contribution in [2.75, 3.05) is 26.2 Å². The fourth-order valence-electron chi connectivity index (χ4n) is 3.68. The number of nitrogens with zero attached hydrogens (tertiary/aromatic N) is 2. The Balaban J connectivity index is 1.52. The molecule has 1 aliphatic heterocycles. The summed E-state index contributed by atoms with van der Waals surface area (Å²) in [4.78, 5) is 15.5. The van der Waals surface area contributed by atoms with Crippen molar-refractivity contribution in [1.29, 1.82) is 0 Å². The number of halogens is 2. The highest BCUT2D eigenvalue weighted by molar-refractivity contribution is 7.89. The SMILES string of the molecule is Cc1ccc(S(=O)(=O)N2CCN(C(=O)c3sc4cc(Cl)ccc4c3Cl)CC2)c(C)c1. The van der Waals surface area contributed by atoms with Crippen LogP contribution in [0.5, 0.6) is 0 Å². The van der Waals surface area contributed by atoms with Gasteiger partial charge in [0.25, 0.3) is 5.91 Å². The Morgan fingerprint density at radius 2 is 1.70 bits per heavy atom. The number of sulfonamides is 1. The first-order chi connectivity index (χ1) is 14.2. The average Bonchev–Trinajstić information content (AvgIpc) is 3.03. The first-order valence-corrected chi connectivity index (χ1v) is 12.4. The highest BCUT2D eigenvalue weighted by Crippen LogP contribution is 2.37. The minimum Gasteiger partial charge on any atom is -0.335 e. The van der Waals surface area contributed by atoms with Gasteiger partial charge in [0.2, 0.25) is 10.0 Å². The van der Waals surface area contributed by atoms with Crippen molar-refractivity contribution >= 4 is 60.6 Å². The highest BCUT2D eigenvalue weighted by atomic mass is 35.5. The molecule has 3 aromatic rings. The van der Waals surface area contributed by atoms with Crippen LogP contribution in [0.25, 0.3) is 10.1 Å². The van der Waals surface area contributed by atoms with E-state index in [-0.39, 0.29) is 19.0 Å². The van der Waals surface area contributed by atoms with Gasteiger partial charge < -0.3 is 4.90 Å². The van der Waals surface area contributed by atoms with E-state index in [0.29, 0.717) is 32.9 Å². The van der Waals surface area contributed by atoms with Gasteiger partial charge in [0.15, 0.2) is 0 Å². The van der Waals surface area contributed by atoms with Crippen molar-refractivity contribution in [1.82, 2.24) is 9.21 Å². The van der Waals surface area contributed by atoms with Gasteiger partial charge in [0.05, 0.1) is 9.92 Å². The molecule has 0 saturated carbocycles. The Bertz CT molecular complexity index is 1250. The second-order valence-electron chi connectivity index (χ2n) is 7.35. The van der Waals surface area contributed by atoms with Crippen LogP contribution in [0.1, 0.15) is 20.8 Å². The molecular weight excluding hydrogens is 463 g/mol. The molecule has 0 unspecified atom stereocenters. The second-order valence-corrected chi connectivity index (χ2v) is 11.1. The zero-order valence-corrected chi connectivity index (χ0v) is 19.6. The summed E-state index contributed by atoms with van der Waals surface area (Å²) in [6.45, 7) is 4.85. The number of benzene rings is 2. The summed E-state index contributed by atoms with van der Waals surface area (Å²) in [6, 6.07) is 10.7. The first kappa shape index (κ1) is 21.6. The summed E-state index contributed by atoms with van der Waals surface area (Å²) < 4.78 is 28.4. The normalized spacial score (nSPS) is 15.7. The van der Waals surface area contributed by atoms with Crippen molar-refractivity contribution in [2.24, 2.45) is 0 Å². The van der Waals surface area contributed by atoms with Gasteiger partial charge in [-0.15, -0.1) is 11.3 Å². The molecule has 0 spiro atoms. The van der Waals surface area contributed by atoms with E-state index in [0.717, 1.165) is 21.2 Å². The first-order valence-electron chi connectivity index (χ1n) is 9.42. The lowest BCUT2D eigenvalue weighted by Crippen LogP contribution is -2.50. The molecule has 4 rings (SSSR count). The number of hydrogen-bond acceptors (Lipinski definition) is 4. The Morgan fingerprint density at radius 1 is 1.00 bits per heavy atom. The van der Waals surface area contributed by atoms with Crippen molar-refractivity contribution in [3.63, 3.8) is 0 Å². The van der Waals surface area contributed by atoms with Crippen molar-refractivity contribution in [2.45, 2.75) is 18.7 Å². The second kappa shape index (κ2) is 8.13. The van der Waals surface area contributed by atoms with Gasteiger partial charge in [-0.3, -0.25) is 4.79 Å². The van der Waals surface area contributed by atoms with Crippen LogP contribution in [0, 0.1) is 13.8 Å². The van der Waals surface area contributed by atoms with E-state index in [2.05, 4.69) is 0 Å². The summed E-state index contributed by atoms with van der Waals surface area (Å²) in [7, 11) is -3.60. The van der Waals surface area contributed by atoms with E-state index >= 15 is 0 Å². The number of rotatable bonds is 3. The molecule has 1 aromatic heterocycles. The lowest BCUT2D eigenvalue weighted by Gasteiger charge is -2.34. The van der Waals surface area contributed by atoms with Crippen molar-refractivity contribution in [3.05, 3.63) is 62.4 Å². The van der Waals surface area contributed by atoms with Gasteiger partial charge in [-0.2, -0.15) is 4.31 Å². The predicted octanol–water partition coefficient (Wildman–Crippen LogP) is 4.97. The third-order valence-electron chi connectivity index (χ3n) is 5.26. The average molecular weight is 483 g/mol. The largest absolute Gasteiger partial charge is 0.335 e. The topological polar surface area (TPSA) is 57.7 Å². The predicted molar refractivity (Wildman–Crippen MR) is 122 cm³/mol. The van der Waals surface area contributed by atoms with Crippen LogP contribution in [0.2, 0.25) is 10.0 Å². The van der Waals surface area contributed by atoms with E-state index < -0.39 is 10.0 Å². The molecule has 2 heterocycles. The van der Waals surface area contributed by atoms with E-state index in [1.54, 1.807) is 36.1 Å². The molecule has 158 valence electrons. The minimum absolute atomic E-state index is 0.180. The quantitative estimate of drug-likeness (QED) is 0.529. The highest BCUT2D eigenvalue weighted by Gasteiger charge is 2.32. The van der Waals surface area contributed by atoms with Gasteiger partial charge in [-0.25, -0.2) is 8.42 Å². The van der Waals surface area contributed by atoms with Crippen LogP contribution in [-0.2, 0) is 10.0 Å². The number of aryl methyl sites for hydroxylation is 2. The number of piperazine rings is 1. The van der Waals surface area contributed by atoms with Gasteiger partial charge in [0, 0.05) is 41.3 Å². The summed E-state index contributed by atoms with van der Waals surface area (Å²) in [5.41, 5.74) is 1.74. The molecule has 1 amide bonds. The third kappa shape index (κ3) is 3.85. The fraction of sp³-hybridized carbons (Fsp3) is 0.286. The zero-order chi connectivity index (χ0) is 21.6. The lowest BCUT2D eigenvalue weighted by atomic mass is 10.2. The fourth-order valence-corrected chi connectivity index (χ4v) is 7.06. The van der Waals surface area contributed by atoms with Crippen LogP contribution in [0.3, 0.4) is 0 Å². The monoisotopic (exact) mass is 482 g/mol. The molecule has 1 aliphatic rings. The molecule has 0 aliphatic carbocycles. The summed E-state index contributed by atoms with van der Waals surface area (Å²) >= 11 is 13.8. The zero-order valence-electron chi connectivity index (χ0n) is 16.5. The maximum atomic E-state index is 13.1. The summed E-state index contributed by atoms with van der Waals surface area (Å²) in [6.07, 6.45) is 0. The van der Waals surface area contributed by atoms with Crippen LogP contribution in [-0.4, -0.2) is 49.7 Å². The molecule has 0 bridgehead atoms. The van der Waals surface area contributed by atoms with Gasteiger partial charge >= 0.3 is 0 Å². The molecule has 2 aromatic carbocycles. The Morgan fingerprint density at radius 3 is 2.37 bits per heavy atom. The Labute approximate surface area is 189 Å². The summed E-state index contributed by atoms with van der Waals surface area (Å²) in [5, 5.41) is 1.80. The molecule has 1 fully saturated rings. The molecular formula is C21H20Cl2N2O3S2. The molecule has 5 nitrogen and oxygen atoms in total. The maximum Gasteiger partial charge on any atom is 0.265 e. The molecule has 0 radical (unpaired) electrons. The van der Waals surface area contributed by atoms with E-state index in [1.165, 1.54) is 15.6 Å². The third-order valence-corrected chi connectivity index (χ3v) is 9.20. The molecule has 1 saturated heterocycles. The number of amides is 1. The van der Waals surface area contributed by atoms with E-state index in [4.69, 9.17) is 23.2 Å². The maximum absolute atomic E-state index is 13.1. The van der Waals surface area contributed by atoms with E-state index in [1.807, 2.05) is 19.1 Å². The molecule has 0 atom stereocenters. The van der Waals surface area contributed by atoms with Crippen molar-refractivity contribution in [3.8, 4) is 0 Å². The molecule has 9 heteroatoms. The van der Waals surface area contributed by atoms with Crippen molar-refractivity contribution < 1.29 is 13.2 Å². The lowest BCUT2D eigenvalue weighted by molar-refractivity contribution is 0.0703. The van der Waals surface area contributed by atoms with E-state index in [9.17, 15) is 13.2 Å². The van der Waals surface area contributed by atoms with Crippen LogP contribution >= 0.6 is 34.5 Å². The van der Waals surface area contributed by atoms with Crippen LogP contribution in [0.15, 0.2) is 41.3 Å². The minimum atomic E-state index is -3.60. The number of fused-ring (bicyclic) bond motifs is 1. The van der Waals surface area contributed by atoms with Gasteiger partial charge in [0.1, 0.15) is 4.88 Å². The smallest absolute Gasteiger partial charge is 0.265 e. The van der Waals surface area contributed by atoms with Crippen LogP contribution in [0.4, 0.5) is 0 Å².